The van der Waals surface area contributed by atoms with E-state index < -0.39 is 24.1 Å². The first-order chi connectivity index (χ1) is 13.0. The van der Waals surface area contributed by atoms with Crippen molar-refractivity contribution in [1.82, 2.24) is 5.32 Å². The monoisotopic (exact) mass is 366 g/mol. The normalized spacial score (nSPS) is 14.3. The minimum absolute atomic E-state index is 0.0715. The van der Waals surface area contributed by atoms with Gasteiger partial charge in [-0.25, -0.2) is 9.59 Å². The van der Waals surface area contributed by atoms with E-state index >= 15 is 0 Å². The molecule has 8 heteroatoms. The second-order valence-electron chi connectivity index (χ2n) is 6.23. The first-order valence-electron chi connectivity index (χ1n) is 8.41. The first-order valence-corrected chi connectivity index (χ1v) is 8.41. The maximum absolute atomic E-state index is 12.1. The van der Waals surface area contributed by atoms with Crippen molar-refractivity contribution in [2.45, 2.75) is 24.9 Å². The van der Waals surface area contributed by atoms with Gasteiger partial charge < -0.3 is 15.2 Å². The van der Waals surface area contributed by atoms with Crippen LogP contribution in [0.5, 0.6) is 0 Å². The average Bonchev–Trinajstić information content (AvgIpc) is 2.98. The summed E-state index contributed by atoms with van der Waals surface area (Å²) >= 11 is 0. The van der Waals surface area contributed by atoms with Gasteiger partial charge in [-0.1, -0.05) is 60.6 Å². The van der Waals surface area contributed by atoms with Crippen molar-refractivity contribution < 1.29 is 19.4 Å². The van der Waals surface area contributed by atoms with Crippen molar-refractivity contribution in [2.75, 3.05) is 6.61 Å². The highest BCUT2D eigenvalue weighted by Gasteiger charge is 2.30. The van der Waals surface area contributed by atoms with Crippen molar-refractivity contribution >= 4 is 12.1 Å². The van der Waals surface area contributed by atoms with E-state index in [1.165, 1.54) is 6.92 Å². The van der Waals surface area contributed by atoms with Crippen LogP contribution in [-0.4, -0.2) is 35.9 Å². The minimum Gasteiger partial charge on any atom is -0.480 e. The summed E-state index contributed by atoms with van der Waals surface area (Å²) in [5, 5.41) is 14.8. The molecule has 0 aliphatic heterocycles. The van der Waals surface area contributed by atoms with E-state index in [4.69, 9.17) is 10.3 Å². The molecular formula is C19H18N4O4. The van der Waals surface area contributed by atoms with E-state index in [2.05, 4.69) is 15.3 Å². The summed E-state index contributed by atoms with van der Waals surface area (Å²) in [5.74, 6) is -1.43. The molecule has 0 heterocycles. The van der Waals surface area contributed by atoms with Crippen LogP contribution in [0.2, 0.25) is 0 Å². The predicted octanol–water partition coefficient (Wildman–Crippen LogP) is 3.68. The van der Waals surface area contributed by atoms with Gasteiger partial charge in [-0.15, -0.1) is 0 Å². The molecule has 0 fully saturated rings. The SMILES string of the molecule is CC(N=[N+]=[N-])C(NC(=O)OCC1c2ccccc2-c2ccccc21)C(=O)O. The van der Waals surface area contributed by atoms with Crippen LogP contribution in [0, 0.1) is 0 Å². The Morgan fingerprint density at radius 2 is 1.74 bits per heavy atom. The highest BCUT2D eigenvalue weighted by Crippen LogP contribution is 2.44. The van der Waals surface area contributed by atoms with Crippen LogP contribution in [0.4, 0.5) is 4.79 Å². The third-order valence-electron chi connectivity index (χ3n) is 4.60. The molecule has 27 heavy (non-hydrogen) atoms. The number of amides is 1. The maximum atomic E-state index is 12.1. The quantitative estimate of drug-likeness (QED) is 0.459. The van der Waals surface area contributed by atoms with E-state index in [9.17, 15) is 14.7 Å². The lowest BCUT2D eigenvalue weighted by atomic mass is 9.98. The molecule has 3 rings (SSSR count). The van der Waals surface area contributed by atoms with Crippen molar-refractivity contribution in [1.29, 1.82) is 0 Å². The number of hydrogen-bond donors (Lipinski definition) is 2. The third kappa shape index (κ3) is 3.70. The number of carbonyl (C=O) groups is 2. The van der Waals surface area contributed by atoms with Crippen LogP contribution in [0.25, 0.3) is 21.6 Å². The zero-order valence-electron chi connectivity index (χ0n) is 14.6. The van der Waals surface area contributed by atoms with Crippen LogP contribution in [0.3, 0.4) is 0 Å². The second kappa shape index (κ2) is 7.80. The number of alkyl carbamates (subject to hydrolysis) is 1. The molecule has 0 spiro atoms. The Morgan fingerprint density at radius 1 is 1.19 bits per heavy atom. The summed E-state index contributed by atoms with van der Waals surface area (Å²) in [5.41, 5.74) is 12.8. The molecule has 0 saturated heterocycles. The Kier molecular flexibility index (Phi) is 5.28. The van der Waals surface area contributed by atoms with Crippen LogP contribution in [0.1, 0.15) is 24.0 Å². The van der Waals surface area contributed by atoms with Crippen LogP contribution >= 0.6 is 0 Å². The molecule has 0 radical (unpaired) electrons. The number of nitrogens with zero attached hydrogens (tertiary/aromatic N) is 3. The third-order valence-corrected chi connectivity index (χ3v) is 4.60. The summed E-state index contributed by atoms with van der Waals surface area (Å²) in [6.45, 7) is 1.48. The van der Waals surface area contributed by atoms with Gasteiger partial charge in [0.15, 0.2) is 0 Å². The number of benzene rings is 2. The van der Waals surface area contributed by atoms with Crippen molar-refractivity contribution in [2.24, 2.45) is 5.11 Å². The van der Waals surface area contributed by atoms with E-state index in [1.807, 2.05) is 48.5 Å². The number of fused-ring (bicyclic) bond motifs is 3. The summed E-state index contributed by atoms with van der Waals surface area (Å²) in [4.78, 5) is 26.0. The molecule has 138 valence electrons. The number of carbonyl (C=O) groups excluding carboxylic acids is 1. The molecule has 2 aromatic rings. The standard InChI is InChI=1S/C19H18N4O4/c1-11(22-23-20)17(18(24)25)21-19(26)27-10-16-14-8-4-2-6-12(14)13-7-3-5-9-15(13)16/h2-9,11,16-17H,10H2,1H3,(H,21,26)(H,24,25). The average molecular weight is 366 g/mol. The molecule has 2 unspecified atom stereocenters. The van der Waals surface area contributed by atoms with E-state index in [-0.39, 0.29) is 12.5 Å². The van der Waals surface area contributed by atoms with Crippen LogP contribution in [0.15, 0.2) is 53.6 Å². The fraction of sp³-hybridized carbons (Fsp3) is 0.263. The lowest BCUT2D eigenvalue weighted by Crippen LogP contribution is -2.47. The number of ether oxygens (including phenoxy) is 1. The Labute approximate surface area is 155 Å². The molecule has 8 nitrogen and oxygen atoms in total. The number of rotatable bonds is 6. The molecule has 0 aromatic heterocycles. The van der Waals surface area contributed by atoms with Gasteiger partial charge in [0.2, 0.25) is 0 Å². The molecule has 2 N–H and O–H groups in total. The van der Waals surface area contributed by atoms with Gasteiger partial charge in [0, 0.05) is 10.8 Å². The summed E-state index contributed by atoms with van der Waals surface area (Å²) in [7, 11) is 0. The second-order valence-corrected chi connectivity index (χ2v) is 6.23. The molecular weight excluding hydrogens is 348 g/mol. The smallest absolute Gasteiger partial charge is 0.407 e. The number of hydrogen-bond acceptors (Lipinski definition) is 4. The van der Waals surface area contributed by atoms with Gasteiger partial charge in [-0.05, 0) is 27.8 Å². The van der Waals surface area contributed by atoms with Gasteiger partial charge in [0.05, 0.1) is 6.04 Å². The Bertz CT molecular complexity index is 878. The van der Waals surface area contributed by atoms with E-state index in [0.29, 0.717) is 0 Å². The van der Waals surface area contributed by atoms with Crippen LogP contribution < -0.4 is 5.32 Å². The van der Waals surface area contributed by atoms with Crippen molar-refractivity contribution in [3.63, 3.8) is 0 Å². The van der Waals surface area contributed by atoms with Gasteiger partial charge in [-0.3, -0.25) is 0 Å². The molecule has 1 aliphatic carbocycles. The highest BCUT2D eigenvalue weighted by atomic mass is 16.5. The van der Waals surface area contributed by atoms with E-state index in [1.54, 1.807) is 0 Å². The minimum atomic E-state index is -1.36. The van der Waals surface area contributed by atoms with Crippen molar-refractivity contribution in [3.8, 4) is 11.1 Å². The molecule has 1 amide bonds. The number of carboxylic acid groups (broad SMARTS) is 1. The maximum Gasteiger partial charge on any atom is 0.407 e. The topological polar surface area (TPSA) is 124 Å². The largest absolute Gasteiger partial charge is 0.480 e. The number of carboxylic acids is 1. The lowest BCUT2D eigenvalue weighted by molar-refractivity contribution is -0.139. The zero-order chi connectivity index (χ0) is 19.4. The fourth-order valence-corrected chi connectivity index (χ4v) is 3.30. The molecule has 2 aromatic carbocycles. The van der Waals surface area contributed by atoms with E-state index in [0.717, 1.165) is 22.3 Å². The number of nitrogens with one attached hydrogen (secondary N) is 1. The lowest BCUT2D eigenvalue weighted by Gasteiger charge is -2.19. The molecule has 0 bridgehead atoms. The van der Waals surface area contributed by atoms with Gasteiger partial charge in [0.1, 0.15) is 12.6 Å². The fourth-order valence-electron chi connectivity index (χ4n) is 3.30. The Morgan fingerprint density at radius 3 is 2.26 bits per heavy atom. The number of aliphatic carboxylic acids is 1. The summed E-state index contributed by atoms with van der Waals surface area (Å²) < 4.78 is 5.30. The van der Waals surface area contributed by atoms with Gasteiger partial charge in [0.25, 0.3) is 0 Å². The first kappa shape index (κ1) is 18.3. The zero-order valence-corrected chi connectivity index (χ0v) is 14.6. The Balaban J connectivity index is 1.72. The predicted molar refractivity (Wildman–Crippen MR) is 98.2 cm³/mol. The highest BCUT2D eigenvalue weighted by molar-refractivity contribution is 5.81. The summed E-state index contributed by atoms with van der Waals surface area (Å²) in [6, 6.07) is 13.5. The Hall–Kier alpha value is -3.51. The molecule has 1 aliphatic rings. The summed E-state index contributed by atoms with van der Waals surface area (Å²) in [6.07, 6.45) is -0.871. The van der Waals surface area contributed by atoms with Crippen molar-refractivity contribution in [3.05, 3.63) is 70.1 Å². The van der Waals surface area contributed by atoms with Crippen LogP contribution in [-0.2, 0) is 9.53 Å². The number of azide groups is 1. The van der Waals surface area contributed by atoms with Gasteiger partial charge in [-0.2, -0.15) is 0 Å². The van der Waals surface area contributed by atoms with Gasteiger partial charge >= 0.3 is 12.1 Å². The molecule has 2 atom stereocenters. The molecule has 0 saturated carbocycles.